The van der Waals surface area contributed by atoms with Crippen molar-refractivity contribution in [2.75, 3.05) is 13.7 Å². The molecule has 0 saturated heterocycles. The minimum Gasteiger partial charge on any atom is -0.395 e. The Morgan fingerprint density at radius 1 is 1.43 bits per heavy atom. The predicted molar refractivity (Wildman–Crippen MR) is 81.4 cm³/mol. The smallest absolute Gasteiger partial charge is 0.257 e. The van der Waals surface area contributed by atoms with Gasteiger partial charge in [-0.1, -0.05) is 18.8 Å². The minimum atomic E-state index is -0.574. The van der Waals surface area contributed by atoms with E-state index in [9.17, 15) is 9.18 Å². The maximum absolute atomic E-state index is 14.1. The van der Waals surface area contributed by atoms with Crippen LogP contribution in [0.3, 0.4) is 0 Å². The van der Waals surface area contributed by atoms with Crippen LogP contribution in [-0.2, 0) is 0 Å². The molecule has 1 aromatic carbocycles. The van der Waals surface area contributed by atoms with Gasteiger partial charge >= 0.3 is 0 Å². The van der Waals surface area contributed by atoms with Crippen LogP contribution in [0.4, 0.5) is 4.39 Å². The van der Waals surface area contributed by atoms with Gasteiger partial charge in [0.2, 0.25) is 0 Å². The van der Waals surface area contributed by atoms with Gasteiger partial charge in [-0.25, -0.2) is 4.39 Å². The first kappa shape index (κ1) is 17.2. The molecule has 21 heavy (non-hydrogen) atoms. The molecule has 3 nitrogen and oxygen atoms in total. The molecule has 0 saturated carbocycles. The molecule has 0 unspecified atom stereocenters. The third-order valence-electron chi connectivity index (χ3n) is 3.75. The largest absolute Gasteiger partial charge is 0.395 e. The molecule has 0 aliphatic rings. The quantitative estimate of drug-likeness (QED) is 0.867. The number of aliphatic hydroxyl groups excluding tert-OH is 1. The molecule has 0 atom stereocenters. The minimum absolute atomic E-state index is 0.0249. The molecular weight excluding hydrogens is 269 g/mol. The molecular formula is C17H22FNO2. The lowest BCUT2D eigenvalue weighted by Crippen LogP contribution is -2.44. The Balaban J connectivity index is 3.01. The van der Waals surface area contributed by atoms with Gasteiger partial charge in [-0.3, -0.25) is 4.79 Å². The van der Waals surface area contributed by atoms with E-state index < -0.39 is 5.82 Å². The number of rotatable bonds is 4. The summed E-state index contributed by atoms with van der Waals surface area (Å²) >= 11 is 0. The summed E-state index contributed by atoms with van der Waals surface area (Å²) in [6, 6.07) is 4.33. The molecule has 0 spiro atoms. The van der Waals surface area contributed by atoms with E-state index >= 15 is 0 Å². The number of amides is 1. The van der Waals surface area contributed by atoms with E-state index in [0.29, 0.717) is 12.0 Å². The zero-order chi connectivity index (χ0) is 16.0. The summed E-state index contributed by atoms with van der Waals surface area (Å²) in [5, 5.41) is 8.65. The van der Waals surface area contributed by atoms with Gasteiger partial charge in [-0.2, -0.15) is 0 Å². The molecule has 1 N–H and O–H groups in total. The number of nitrogens with zero attached hydrogens (tertiary/aromatic N) is 1. The fourth-order valence-corrected chi connectivity index (χ4v) is 1.68. The lowest BCUT2D eigenvalue weighted by Gasteiger charge is -2.35. The third kappa shape index (κ3) is 4.30. The molecule has 114 valence electrons. The molecule has 0 heterocycles. The molecule has 0 bridgehead atoms. The fraction of sp³-hybridized carbons (Fsp3) is 0.471. The summed E-state index contributed by atoms with van der Waals surface area (Å²) < 4.78 is 14.1. The number of hydrogen-bond acceptors (Lipinski definition) is 2. The van der Waals surface area contributed by atoms with Crippen LogP contribution in [0, 0.1) is 17.7 Å². The maximum Gasteiger partial charge on any atom is 0.257 e. The molecule has 0 radical (unpaired) electrons. The highest BCUT2D eigenvalue weighted by atomic mass is 19.1. The van der Waals surface area contributed by atoms with Crippen LogP contribution in [0.1, 0.15) is 49.5 Å². The van der Waals surface area contributed by atoms with E-state index in [1.54, 1.807) is 18.0 Å². The highest BCUT2D eigenvalue weighted by Gasteiger charge is 2.27. The molecule has 0 aliphatic heterocycles. The normalized spacial score (nSPS) is 10.8. The number of carbonyl (C=O) groups is 1. The SMILES string of the molecule is CCC(C)(C)N(C)C(=O)c1ccc(C#CCCO)cc1F. The van der Waals surface area contributed by atoms with E-state index in [-0.39, 0.29) is 23.6 Å². The van der Waals surface area contributed by atoms with E-state index in [0.717, 1.165) is 6.42 Å². The second kappa shape index (κ2) is 7.24. The maximum atomic E-state index is 14.1. The van der Waals surface area contributed by atoms with Crippen LogP contribution in [0.25, 0.3) is 0 Å². The zero-order valence-electron chi connectivity index (χ0n) is 13.0. The number of aliphatic hydroxyl groups is 1. The summed E-state index contributed by atoms with van der Waals surface area (Å²) in [6.07, 6.45) is 1.12. The van der Waals surface area contributed by atoms with Gasteiger partial charge in [0.15, 0.2) is 0 Å². The van der Waals surface area contributed by atoms with Crippen molar-refractivity contribution in [3.8, 4) is 11.8 Å². The highest BCUT2D eigenvalue weighted by molar-refractivity contribution is 5.95. The average molecular weight is 291 g/mol. The summed E-state index contributed by atoms with van der Waals surface area (Å²) in [4.78, 5) is 13.9. The predicted octanol–water partition coefficient (Wildman–Crippen LogP) is 2.82. The van der Waals surface area contributed by atoms with Crippen LogP contribution in [0.2, 0.25) is 0 Å². The Bertz CT molecular complexity index is 570. The van der Waals surface area contributed by atoms with Gasteiger partial charge in [0, 0.05) is 24.6 Å². The Morgan fingerprint density at radius 2 is 2.10 bits per heavy atom. The molecule has 1 amide bonds. The second-order valence-corrected chi connectivity index (χ2v) is 5.50. The molecule has 0 aliphatic carbocycles. The molecule has 0 fully saturated rings. The molecule has 1 rings (SSSR count). The number of halogens is 1. The fourth-order valence-electron chi connectivity index (χ4n) is 1.68. The average Bonchev–Trinajstić information content (AvgIpc) is 2.46. The third-order valence-corrected chi connectivity index (χ3v) is 3.75. The highest BCUT2D eigenvalue weighted by Crippen LogP contribution is 2.21. The van der Waals surface area contributed by atoms with Gasteiger partial charge in [-0.05, 0) is 38.5 Å². The van der Waals surface area contributed by atoms with Crippen LogP contribution >= 0.6 is 0 Å². The van der Waals surface area contributed by atoms with Crippen LogP contribution in [0.15, 0.2) is 18.2 Å². The van der Waals surface area contributed by atoms with Crippen molar-refractivity contribution in [3.63, 3.8) is 0 Å². The van der Waals surface area contributed by atoms with E-state index in [2.05, 4.69) is 11.8 Å². The van der Waals surface area contributed by atoms with Crippen LogP contribution in [0.5, 0.6) is 0 Å². The van der Waals surface area contributed by atoms with Crippen molar-refractivity contribution in [3.05, 3.63) is 35.1 Å². The van der Waals surface area contributed by atoms with Gasteiger partial charge in [0.1, 0.15) is 5.82 Å². The molecule has 4 heteroatoms. The van der Waals surface area contributed by atoms with E-state index in [1.165, 1.54) is 12.1 Å². The van der Waals surface area contributed by atoms with Crippen LogP contribution in [-0.4, -0.2) is 35.1 Å². The van der Waals surface area contributed by atoms with Gasteiger partial charge < -0.3 is 10.0 Å². The second-order valence-electron chi connectivity index (χ2n) is 5.50. The first-order chi connectivity index (χ1) is 9.83. The van der Waals surface area contributed by atoms with Gasteiger partial charge in [-0.15, -0.1) is 0 Å². The van der Waals surface area contributed by atoms with E-state index in [4.69, 9.17) is 5.11 Å². The first-order valence-electron chi connectivity index (χ1n) is 7.01. The lowest BCUT2D eigenvalue weighted by atomic mass is 9.98. The van der Waals surface area contributed by atoms with Gasteiger partial charge in [0.25, 0.3) is 5.91 Å². The van der Waals surface area contributed by atoms with Crippen molar-refractivity contribution < 1.29 is 14.3 Å². The standard InChI is InChI=1S/C17H22FNO2/c1-5-17(2,3)19(4)16(21)14-10-9-13(12-15(14)18)8-6-7-11-20/h9-10,12,20H,5,7,11H2,1-4H3. The Hall–Kier alpha value is -1.86. The van der Waals surface area contributed by atoms with Crippen molar-refractivity contribution >= 4 is 5.91 Å². The first-order valence-corrected chi connectivity index (χ1v) is 7.01. The molecule has 0 aromatic heterocycles. The lowest BCUT2D eigenvalue weighted by molar-refractivity contribution is 0.0615. The van der Waals surface area contributed by atoms with Crippen molar-refractivity contribution in [1.29, 1.82) is 0 Å². The Morgan fingerprint density at radius 3 is 2.62 bits per heavy atom. The van der Waals surface area contributed by atoms with Crippen LogP contribution < -0.4 is 0 Å². The van der Waals surface area contributed by atoms with E-state index in [1.807, 2.05) is 20.8 Å². The summed E-state index contributed by atoms with van der Waals surface area (Å²) in [5.74, 6) is 4.56. The van der Waals surface area contributed by atoms with Crippen molar-refractivity contribution in [2.24, 2.45) is 0 Å². The summed E-state index contributed by atoms with van der Waals surface area (Å²) in [7, 11) is 1.68. The summed E-state index contributed by atoms with van der Waals surface area (Å²) in [6.45, 7) is 5.85. The Kier molecular flexibility index (Phi) is 5.92. The number of carbonyl (C=O) groups excluding carboxylic acids is 1. The van der Waals surface area contributed by atoms with Crippen molar-refractivity contribution in [2.45, 2.75) is 39.2 Å². The zero-order valence-corrected chi connectivity index (χ0v) is 13.0. The Labute approximate surface area is 125 Å². The topological polar surface area (TPSA) is 40.5 Å². The van der Waals surface area contributed by atoms with Gasteiger partial charge in [0.05, 0.1) is 12.2 Å². The number of benzene rings is 1. The molecule has 1 aromatic rings. The number of hydrogen-bond donors (Lipinski definition) is 1. The van der Waals surface area contributed by atoms with Crippen molar-refractivity contribution in [1.82, 2.24) is 4.90 Å². The summed E-state index contributed by atoms with van der Waals surface area (Å²) in [5.41, 5.74) is 0.213. The monoisotopic (exact) mass is 291 g/mol.